The predicted molar refractivity (Wildman–Crippen MR) is 85.3 cm³/mol. The van der Waals surface area contributed by atoms with Crippen molar-refractivity contribution in [1.82, 2.24) is 20.3 Å². The van der Waals surface area contributed by atoms with Gasteiger partial charge in [0.05, 0.1) is 5.69 Å². The molecule has 2 rings (SSSR count). The lowest BCUT2D eigenvalue weighted by molar-refractivity contribution is -0.121. The van der Waals surface area contributed by atoms with Crippen molar-refractivity contribution in [3.63, 3.8) is 0 Å². The van der Waals surface area contributed by atoms with Crippen LogP contribution in [0.15, 0.2) is 16.9 Å². The first-order valence-electron chi connectivity index (χ1n) is 8.16. The lowest BCUT2D eigenvalue weighted by atomic mass is 9.92. The summed E-state index contributed by atoms with van der Waals surface area (Å²) in [5, 5.41) is 6.94. The van der Waals surface area contributed by atoms with Crippen molar-refractivity contribution in [2.24, 2.45) is 5.92 Å². The average Bonchev–Trinajstić information content (AvgIpc) is 2.99. The van der Waals surface area contributed by atoms with E-state index in [2.05, 4.69) is 20.3 Å². The highest BCUT2D eigenvalue weighted by Gasteiger charge is 2.20. The average molecular weight is 308 g/mol. The van der Waals surface area contributed by atoms with E-state index in [1.165, 1.54) is 12.8 Å². The second-order valence-electron chi connectivity index (χ2n) is 6.40. The van der Waals surface area contributed by atoms with Crippen LogP contribution in [0.3, 0.4) is 0 Å². The summed E-state index contributed by atoms with van der Waals surface area (Å²) in [6.45, 7) is 4.67. The third-order valence-corrected chi connectivity index (χ3v) is 4.24. The minimum Gasteiger partial charge on any atom is -0.364 e. The van der Waals surface area contributed by atoms with Crippen LogP contribution in [0.5, 0.6) is 0 Å². The van der Waals surface area contributed by atoms with Gasteiger partial charge in [0, 0.05) is 32.1 Å². The number of aromatic nitrogens is 1. The van der Waals surface area contributed by atoms with Crippen molar-refractivity contribution in [1.29, 1.82) is 0 Å². The molecule has 1 saturated heterocycles. The number of amides is 1. The van der Waals surface area contributed by atoms with Crippen molar-refractivity contribution < 1.29 is 9.32 Å². The number of nitrogens with one attached hydrogen (secondary N) is 1. The van der Waals surface area contributed by atoms with Crippen LogP contribution in [-0.4, -0.2) is 61.1 Å². The number of carbonyl (C=O) groups is 1. The molecule has 0 spiro atoms. The van der Waals surface area contributed by atoms with Crippen LogP contribution in [0.2, 0.25) is 0 Å². The Morgan fingerprint density at radius 3 is 2.86 bits per heavy atom. The number of hydrogen-bond acceptors (Lipinski definition) is 5. The van der Waals surface area contributed by atoms with Crippen molar-refractivity contribution in [3.8, 4) is 0 Å². The maximum atomic E-state index is 11.8. The molecule has 1 aromatic rings. The minimum atomic E-state index is 0.187. The Kier molecular flexibility index (Phi) is 6.86. The molecule has 22 heavy (non-hydrogen) atoms. The van der Waals surface area contributed by atoms with Crippen LogP contribution in [0.1, 0.15) is 31.4 Å². The topological polar surface area (TPSA) is 61.6 Å². The smallest absolute Gasteiger partial charge is 0.220 e. The molecule has 1 aromatic heterocycles. The Balaban J connectivity index is 1.56. The van der Waals surface area contributed by atoms with Gasteiger partial charge in [-0.1, -0.05) is 5.16 Å². The zero-order valence-electron chi connectivity index (χ0n) is 13.8. The predicted octanol–water partition coefficient (Wildman–Crippen LogP) is 1.34. The van der Waals surface area contributed by atoms with E-state index in [0.717, 1.165) is 44.8 Å². The Bertz CT molecular complexity index is 425. The van der Waals surface area contributed by atoms with Gasteiger partial charge in [-0.25, -0.2) is 0 Å². The van der Waals surface area contributed by atoms with Crippen molar-refractivity contribution in [2.45, 2.75) is 32.2 Å². The largest absolute Gasteiger partial charge is 0.364 e. The molecule has 1 aliphatic heterocycles. The second kappa shape index (κ2) is 8.90. The molecule has 0 aliphatic carbocycles. The van der Waals surface area contributed by atoms with Gasteiger partial charge in [0.2, 0.25) is 5.91 Å². The standard InChI is InChI=1S/C16H28N4O2/c1-19(2)11-8-17-16(21)4-3-14-5-9-20(10-6-14)13-15-7-12-22-18-15/h7,12,14H,3-6,8-11,13H2,1-2H3,(H,17,21). The molecule has 124 valence electrons. The van der Waals surface area contributed by atoms with Gasteiger partial charge in [0.1, 0.15) is 6.26 Å². The molecule has 2 heterocycles. The molecule has 0 bridgehead atoms. The minimum absolute atomic E-state index is 0.187. The maximum Gasteiger partial charge on any atom is 0.220 e. The van der Waals surface area contributed by atoms with Crippen LogP contribution in [-0.2, 0) is 11.3 Å². The van der Waals surface area contributed by atoms with Crippen molar-refractivity contribution in [3.05, 3.63) is 18.0 Å². The Morgan fingerprint density at radius 2 is 2.23 bits per heavy atom. The number of likely N-dealkylation sites (N-methyl/N-ethyl adjacent to an activating group) is 1. The molecule has 6 heteroatoms. The van der Waals surface area contributed by atoms with Crippen molar-refractivity contribution in [2.75, 3.05) is 40.3 Å². The zero-order chi connectivity index (χ0) is 15.8. The van der Waals surface area contributed by atoms with E-state index < -0.39 is 0 Å². The summed E-state index contributed by atoms with van der Waals surface area (Å²) in [5.41, 5.74) is 0.999. The van der Waals surface area contributed by atoms with Crippen LogP contribution >= 0.6 is 0 Å². The van der Waals surface area contributed by atoms with E-state index in [4.69, 9.17) is 4.52 Å². The molecular weight excluding hydrogens is 280 g/mol. The molecule has 1 fully saturated rings. The number of rotatable bonds is 8. The van der Waals surface area contributed by atoms with E-state index in [1.54, 1.807) is 6.26 Å². The van der Waals surface area contributed by atoms with Gasteiger partial charge >= 0.3 is 0 Å². The van der Waals surface area contributed by atoms with Gasteiger partial charge in [-0.3, -0.25) is 9.69 Å². The quantitative estimate of drug-likeness (QED) is 0.785. The third-order valence-electron chi connectivity index (χ3n) is 4.24. The lowest BCUT2D eigenvalue weighted by Crippen LogP contribution is -2.34. The fraction of sp³-hybridized carbons (Fsp3) is 0.750. The van der Waals surface area contributed by atoms with E-state index in [0.29, 0.717) is 12.3 Å². The number of hydrogen-bond donors (Lipinski definition) is 1. The summed E-state index contributed by atoms with van der Waals surface area (Å²) in [5.74, 6) is 0.861. The first kappa shape index (κ1) is 17.0. The number of likely N-dealkylation sites (tertiary alicyclic amines) is 1. The van der Waals surface area contributed by atoms with Crippen LogP contribution < -0.4 is 5.32 Å². The molecular formula is C16H28N4O2. The lowest BCUT2D eigenvalue weighted by Gasteiger charge is -2.31. The monoisotopic (exact) mass is 308 g/mol. The molecule has 1 N–H and O–H groups in total. The van der Waals surface area contributed by atoms with E-state index in [-0.39, 0.29) is 5.91 Å². The highest BCUT2D eigenvalue weighted by molar-refractivity contribution is 5.75. The summed E-state index contributed by atoms with van der Waals surface area (Å²) in [7, 11) is 4.03. The molecule has 1 amide bonds. The third kappa shape index (κ3) is 6.15. The normalized spacial score (nSPS) is 17.0. The number of carbonyl (C=O) groups excluding carboxylic acids is 1. The first-order chi connectivity index (χ1) is 10.6. The molecule has 0 atom stereocenters. The SMILES string of the molecule is CN(C)CCNC(=O)CCC1CCN(Cc2ccon2)CC1. The van der Waals surface area contributed by atoms with Gasteiger partial charge in [-0.05, 0) is 52.4 Å². The second-order valence-corrected chi connectivity index (χ2v) is 6.40. The highest BCUT2D eigenvalue weighted by Crippen LogP contribution is 2.22. The van der Waals surface area contributed by atoms with Crippen molar-refractivity contribution >= 4 is 5.91 Å². The number of nitrogens with zero attached hydrogens (tertiary/aromatic N) is 3. The molecule has 1 aliphatic rings. The Morgan fingerprint density at radius 1 is 1.45 bits per heavy atom. The maximum absolute atomic E-state index is 11.8. The fourth-order valence-corrected chi connectivity index (χ4v) is 2.82. The van der Waals surface area contributed by atoms with Gasteiger partial charge in [0.15, 0.2) is 0 Å². The Hall–Kier alpha value is -1.40. The fourth-order valence-electron chi connectivity index (χ4n) is 2.82. The van der Waals surface area contributed by atoms with E-state index in [9.17, 15) is 4.79 Å². The summed E-state index contributed by atoms with van der Waals surface area (Å²) >= 11 is 0. The van der Waals surface area contributed by atoms with Gasteiger partial charge in [-0.15, -0.1) is 0 Å². The van der Waals surface area contributed by atoms with Gasteiger partial charge < -0.3 is 14.7 Å². The van der Waals surface area contributed by atoms with Crippen LogP contribution in [0.25, 0.3) is 0 Å². The highest BCUT2D eigenvalue weighted by atomic mass is 16.5. The molecule has 0 unspecified atom stereocenters. The van der Waals surface area contributed by atoms with Gasteiger partial charge in [0.25, 0.3) is 0 Å². The summed E-state index contributed by atoms with van der Waals surface area (Å²) < 4.78 is 4.86. The zero-order valence-corrected chi connectivity index (χ0v) is 13.8. The van der Waals surface area contributed by atoms with E-state index in [1.807, 2.05) is 20.2 Å². The van der Waals surface area contributed by atoms with E-state index >= 15 is 0 Å². The molecule has 0 aromatic carbocycles. The summed E-state index contributed by atoms with van der Waals surface area (Å²) in [6, 6.07) is 1.92. The first-order valence-corrected chi connectivity index (χ1v) is 8.16. The summed E-state index contributed by atoms with van der Waals surface area (Å²) in [4.78, 5) is 16.3. The summed E-state index contributed by atoms with van der Waals surface area (Å²) in [6.07, 6.45) is 5.62. The molecule has 0 radical (unpaired) electrons. The van der Waals surface area contributed by atoms with Gasteiger partial charge in [-0.2, -0.15) is 0 Å². The van der Waals surface area contributed by atoms with Crippen LogP contribution in [0.4, 0.5) is 0 Å². The number of piperidine rings is 1. The molecule has 6 nitrogen and oxygen atoms in total. The molecule has 0 saturated carbocycles. The Labute approximate surface area is 132 Å². The van der Waals surface area contributed by atoms with Crippen LogP contribution in [0, 0.1) is 5.92 Å².